The molecule has 0 aliphatic heterocycles. The highest BCUT2D eigenvalue weighted by Gasteiger charge is 2.18. The number of rotatable bonds is 6. The standard InChI is InChI=1S/C20H25N3S2/c1-6-7-11-16-17(12(2)3)21-19(25-16)14-9-8-10-15-18(14)22-20(24)23(15)13(4)5/h6,8-10,12-13H,1,7,11H2,2-5H3,(H,22,24). The predicted molar refractivity (Wildman–Crippen MR) is 111 cm³/mol. The summed E-state index contributed by atoms with van der Waals surface area (Å²) in [5, 5.41) is 1.07. The van der Waals surface area contributed by atoms with Crippen molar-refractivity contribution in [3.63, 3.8) is 0 Å². The topological polar surface area (TPSA) is 33.6 Å². The van der Waals surface area contributed by atoms with E-state index in [2.05, 4.69) is 62.0 Å². The molecule has 0 spiro atoms. The summed E-state index contributed by atoms with van der Waals surface area (Å²) in [4.78, 5) is 9.76. The number of benzene rings is 1. The van der Waals surface area contributed by atoms with Gasteiger partial charge in [-0.05, 0) is 57.0 Å². The molecule has 132 valence electrons. The van der Waals surface area contributed by atoms with E-state index in [9.17, 15) is 0 Å². The van der Waals surface area contributed by atoms with Gasteiger partial charge in [-0.15, -0.1) is 17.9 Å². The van der Waals surface area contributed by atoms with Gasteiger partial charge >= 0.3 is 0 Å². The molecule has 1 aromatic carbocycles. The Kier molecular flexibility index (Phi) is 5.25. The molecule has 25 heavy (non-hydrogen) atoms. The Hall–Kier alpha value is -1.72. The number of allylic oxidation sites excluding steroid dienone is 1. The van der Waals surface area contributed by atoms with Crippen LogP contribution < -0.4 is 0 Å². The smallest absolute Gasteiger partial charge is 0.178 e. The molecule has 2 heterocycles. The summed E-state index contributed by atoms with van der Waals surface area (Å²) >= 11 is 7.35. The number of aryl methyl sites for hydroxylation is 1. The maximum Gasteiger partial charge on any atom is 0.178 e. The van der Waals surface area contributed by atoms with Gasteiger partial charge in [0.1, 0.15) is 5.01 Å². The Bertz CT molecular complexity index is 957. The Morgan fingerprint density at radius 1 is 1.32 bits per heavy atom. The Morgan fingerprint density at radius 2 is 2.08 bits per heavy atom. The van der Waals surface area contributed by atoms with E-state index in [0.29, 0.717) is 12.0 Å². The van der Waals surface area contributed by atoms with Crippen molar-refractivity contribution in [2.24, 2.45) is 0 Å². The van der Waals surface area contributed by atoms with Crippen molar-refractivity contribution < 1.29 is 0 Å². The van der Waals surface area contributed by atoms with E-state index in [1.54, 1.807) is 11.3 Å². The van der Waals surface area contributed by atoms with Crippen molar-refractivity contribution in [3.8, 4) is 10.6 Å². The molecule has 5 heteroatoms. The van der Waals surface area contributed by atoms with Crippen molar-refractivity contribution in [2.45, 2.75) is 52.5 Å². The van der Waals surface area contributed by atoms with Gasteiger partial charge in [0.25, 0.3) is 0 Å². The van der Waals surface area contributed by atoms with Gasteiger partial charge in [0, 0.05) is 16.5 Å². The van der Waals surface area contributed by atoms with Crippen LogP contribution in [-0.4, -0.2) is 14.5 Å². The van der Waals surface area contributed by atoms with Gasteiger partial charge in [-0.2, -0.15) is 0 Å². The van der Waals surface area contributed by atoms with Crippen LogP contribution >= 0.6 is 23.6 Å². The average Bonchev–Trinajstić information content (AvgIpc) is 3.12. The third-order valence-electron chi connectivity index (χ3n) is 4.35. The molecule has 0 amide bonds. The first-order valence-corrected chi connectivity index (χ1v) is 10.0. The summed E-state index contributed by atoms with van der Waals surface area (Å²) in [6.07, 6.45) is 3.97. The number of hydrogen-bond donors (Lipinski definition) is 1. The van der Waals surface area contributed by atoms with Crippen LogP contribution in [0.2, 0.25) is 0 Å². The summed E-state index contributed by atoms with van der Waals surface area (Å²) in [7, 11) is 0. The van der Waals surface area contributed by atoms with Crippen LogP contribution in [0.15, 0.2) is 30.9 Å². The maximum absolute atomic E-state index is 5.55. The summed E-state index contributed by atoms with van der Waals surface area (Å²) in [5.74, 6) is 0.419. The summed E-state index contributed by atoms with van der Waals surface area (Å²) < 4.78 is 2.94. The lowest BCUT2D eigenvalue weighted by molar-refractivity contribution is 0.610. The zero-order valence-corrected chi connectivity index (χ0v) is 16.9. The van der Waals surface area contributed by atoms with Crippen LogP contribution in [0.5, 0.6) is 0 Å². The molecule has 0 atom stereocenters. The van der Waals surface area contributed by atoms with Crippen molar-refractivity contribution >= 4 is 34.6 Å². The van der Waals surface area contributed by atoms with Gasteiger partial charge < -0.3 is 9.55 Å². The van der Waals surface area contributed by atoms with E-state index in [1.165, 1.54) is 10.6 Å². The Morgan fingerprint density at radius 3 is 2.72 bits per heavy atom. The lowest BCUT2D eigenvalue weighted by Gasteiger charge is -2.08. The Balaban J connectivity index is 2.18. The van der Waals surface area contributed by atoms with Crippen molar-refractivity contribution in [1.29, 1.82) is 0 Å². The van der Waals surface area contributed by atoms with E-state index >= 15 is 0 Å². The number of nitrogens with one attached hydrogen (secondary N) is 1. The fourth-order valence-electron chi connectivity index (χ4n) is 3.18. The molecule has 0 aliphatic carbocycles. The average molecular weight is 372 g/mol. The molecule has 0 radical (unpaired) electrons. The van der Waals surface area contributed by atoms with Crippen molar-refractivity contribution in [3.05, 3.63) is 46.2 Å². The highest BCUT2D eigenvalue weighted by Crippen LogP contribution is 2.36. The van der Waals surface area contributed by atoms with E-state index < -0.39 is 0 Å². The number of H-pyrrole nitrogens is 1. The highest BCUT2D eigenvalue weighted by molar-refractivity contribution is 7.71. The molecule has 0 unspecified atom stereocenters. The lowest BCUT2D eigenvalue weighted by atomic mass is 10.1. The number of imidazole rings is 1. The van der Waals surface area contributed by atoms with Crippen molar-refractivity contribution in [1.82, 2.24) is 14.5 Å². The third kappa shape index (κ3) is 3.35. The fourth-order valence-corrected chi connectivity index (χ4v) is 4.86. The summed E-state index contributed by atoms with van der Waals surface area (Å²) in [6.45, 7) is 12.6. The Labute approximate surface area is 158 Å². The number of para-hydroxylation sites is 1. The SMILES string of the molecule is C=CCCc1sc(-c2cccc3c2[nH]c(=S)n3C(C)C)nc1C(C)C. The second-order valence-corrected chi connectivity index (χ2v) is 8.37. The molecule has 3 rings (SSSR count). The molecule has 0 fully saturated rings. The van der Waals surface area contributed by atoms with Crippen LogP contribution in [0.1, 0.15) is 56.6 Å². The number of fused-ring (bicyclic) bond motifs is 1. The van der Waals surface area contributed by atoms with E-state index in [0.717, 1.165) is 39.2 Å². The molecule has 0 aliphatic rings. The molecular weight excluding hydrogens is 346 g/mol. The van der Waals surface area contributed by atoms with Gasteiger partial charge in [0.2, 0.25) is 0 Å². The summed E-state index contributed by atoms with van der Waals surface area (Å²) in [6, 6.07) is 6.68. The zero-order valence-electron chi connectivity index (χ0n) is 15.3. The summed E-state index contributed by atoms with van der Waals surface area (Å²) in [5.41, 5.74) is 4.58. The van der Waals surface area contributed by atoms with E-state index in [4.69, 9.17) is 17.2 Å². The van der Waals surface area contributed by atoms with Gasteiger partial charge in [-0.25, -0.2) is 4.98 Å². The minimum absolute atomic E-state index is 0.321. The van der Waals surface area contributed by atoms with Crippen LogP contribution in [0, 0.1) is 4.77 Å². The first kappa shape index (κ1) is 18.1. The first-order chi connectivity index (χ1) is 11.9. The predicted octanol–water partition coefficient (Wildman–Crippen LogP) is 6.65. The lowest BCUT2D eigenvalue weighted by Crippen LogP contribution is -1.99. The molecule has 0 saturated carbocycles. The second-order valence-electron chi connectivity index (χ2n) is 6.90. The fraction of sp³-hybridized carbons (Fsp3) is 0.400. The molecule has 3 nitrogen and oxygen atoms in total. The largest absolute Gasteiger partial charge is 0.330 e. The van der Waals surface area contributed by atoms with Crippen LogP contribution in [-0.2, 0) is 6.42 Å². The molecule has 1 N–H and O–H groups in total. The van der Waals surface area contributed by atoms with Crippen molar-refractivity contribution in [2.75, 3.05) is 0 Å². The molecular formula is C20H25N3S2. The molecule has 0 bridgehead atoms. The molecule has 0 saturated heterocycles. The third-order valence-corrected chi connectivity index (χ3v) is 5.81. The number of nitrogens with zero attached hydrogens (tertiary/aromatic N) is 2. The minimum atomic E-state index is 0.321. The number of thiazole rings is 1. The first-order valence-electron chi connectivity index (χ1n) is 8.78. The quantitative estimate of drug-likeness (QED) is 0.389. The van der Waals surface area contributed by atoms with Gasteiger partial charge in [0.15, 0.2) is 4.77 Å². The molecule has 3 aromatic rings. The normalized spacial score (nSPS) is 11.8. The van der Waals surface area contributed by atoms with E-state index in [1.807, 2.05) is 6.08 Å². The number of hydrogen-bond acceptors (Lipinski definition) is 3. The van der Waals surface area contributed by atoms with Gasteiger partial charge in [0.05, 0.1) is 16.7 Å². The maximum atomic E-state index is 5.55. The number of aromatic amines is 1. The van der Waals surface area contributed by atoms with Gasteiger partial charge in [-0.3, -0.25) is 0 Å². The number of aromatic nitrogens is 3. The minimum Gasteiger partial charge on any atom is -0.330 e. The van der Waals surface area contributed by atoms with Gasteiger partial charge in [-0.1, -0.05) is 26.0 Å². The van der Waals surface area contributed by atoms with E-state index in [-0.39, 0.29) is 0 Å². The highest BCUT2D eigenvalue weighted by atomic mass is 32.1. The van der Waals surface area contributed by atoms with Crippen LogP contribution in [0.3, 0.4) is 0 Å². The molecule has 2 aromatic heterocycles. The van der Waals surface area contributed by atoms with Crippen LogP contribution in [0.25, 0.3) is 21.6 Å². The second kappa shape index (κ2) is 7.26. The zero-order chi connectivity index (χ0) is 18.1. The van der Waals surface area contributed by atoms with Crippen LogP contribution in [0.4, 0.5) is 0 Å². The monoisotopic (exact) mass is 371 g/mol.